The van der Waals surface area contributed by atoms with Crippen LogP contribution in [0.1, 0.15) is 54.9 Å². The van der Waals surface area contributed by atoms with E-state index < -0.39 is 0 Å². The fourth-order valence-electron chi connectivity index (χ4n) is 3.82. The molecule has 3 aromatic carbocycles. The highest BCUT2D eigenvalue weighted by molar-refractivity contribution is 6.02. The van der Waals surface area contributed by atoms with Crippen molar-refractivity contribution in [2.24, 2.45) is 5.10 Å². The Balaban J connectivity index is 1.71. The summed E-state index contributed by atoms with van der Waals surface area (Å²) < 4.78 is 1.78. The van der Waals surface area contributed by atoms with Crippen molar-refractivity contribution >= 4 is 11.6 Å². The van der Waals surface area contributed by atoms with E-state index in [1.54, 1.807) is 35.9 Å². The lowest BCUT2D eigenvalue weighted by molar-refractivity contribution is 0.0955. The minimum atomic E-state index is -0.328. The van der Waals surface area contributed by atoms with Crippen LogP contribution in [-0.4, -0.2) is 26.5 Å². The van der Waals surface area contributed by atoms with Gasteiger partial charge in [-0.15, -0.1) is 0 Å². The van der Waals surface area contributed by atoms with Crippen LogP contribution in [0.2, 0.25) is 0 Å². The molecule has 4 rings (SSSR count). The van der Waals surface area contributed by atoms with Gasteiger partial charge < -0.3 is 5.11 Å². The lowest BCUT2D eigenvalue weighted by Crippen LogP contribution is -2.19. The molecule has 1 amide bonds. The first-order valence-electron chi connectivity index (χ1n) is 11.6. The van der Waals surface area contributed by atoms with Crippen molar-refractivity contribution in [3.8, 4) is 17.0 Å². The monoisotopic (exact) mass is 466 g/mol. The molecule has 4 aromatic rings. The summed E-state index contributed by atoms with van der Waals surface area (Å²) in [6.07, 6.45) is 0. The molecule has 6 heteroatoms. The normalized spacial score (nSPS) is 11.9. The van der Waals surface area contributed by atoms with Gasteiger partial charge in [-0.2, -0.15) is 10.2 Å². The van der Waals surface area contributed by atoms with Crippen molar-refractivity contribution in [2.45, 2.75) is 39.7 Å². The molecule has 0 saturated heterocycles. The van der Waals surface area contributed by atoms with Crippen LogP contribution in [0.5, 0.6) is 5.75 Å². The number of hydrogen-bond acceptors (Lipinski definition) is 4. The number of aromatic hydroxyl groups is 1. The van der Waals surface area contributed by atoms with E-state index in [1.807, 2.05) is 48.5 Å². The molecular weight excluding hydrogens is 436 g/mol. The molecular formula is C29H30N4O2. The number of aromatic nitrogens is 2. The number of carbonyl (C=O) groups is 1. The molecule has 0 atom stereocenters. The van der Waals surface area contributed by atoms with Gasteiger partial charge in [0.1, 0.15) is 5.69 Å². The van der Waals surface area contributed by atoms with E-state index in [0.717, 1.165) is 11.1 Å². The first-order valence-corrected chi connectivity index (χ1v) is 11.6. The highest BCUT2D eigenvalue weighted by Gasteiger charge is 2.22. The number of amides is 1. The summed E-state index contributed by atoms with van der Waals surface area (Å²) in [4.78, 5) is 12.4. The second-order valence-electron chi connectivity index (χ2n) is 9.52. The van der Waals surface area contributed by atoms with Gasteiger partial charge in [0, 0.05) is 11.1 Å². The summed E-state index contributed by atoms with van der Waals surface area (Å²) in [5.74, 6) is -0.300. The second kappa shape index (κ2) is 9.97. The molecule has 0 aliphatic rings. The molecule has 6 nitrogen and oxygen atoms in total. The topological polar surface area (TPSA) is 79.5 Å². The quantitative estimate of drug-likeness (QED) is 0.280. The molecule has 0 fully saturated rings. The third kappa shape index (κ3) is 5.49. The van der Waals surface area contributed by atoms with E-state index in [1.165, 1.54) is 5.56 Å². The number of nitrogens with zero attached hydrogens (tertiary/aromatic N) is 3. The third-order valence-electron chi connectivity index (χ3n) is 5.83. The number of rotatable bonds is 6. The van der Waals surface area contributed by atoms with E-state index in [-0.39, 0.29) is 17.1 Å². The van der Waals surface area contributed by atoms with Crippen LogP contribution in [-0.2, 0) is 12.0 Å². The van der Waals surface area contributed by atoms with Crippen LogP contribution in [0.15, 0.2) is 90.0 Å². The molecule has 0 aliphatic heterocycles. The minimum Gasteiger partial charge on any atom is -0.504 e. The van der Waals surface area contributed by atoms with Gasteiger partial charge in [0.2, 0.25) is 0 Å². The van der Waals surface area contributed by atoms with Crippen LogP contribution < -0.4 is 5.43 Å². The van der Waals surface area contributed by atoms with Gasteiger partial charge in [-0.3, -0.25) is 9.48 Å². The second-order valence-corrected chi connectivity index (χ2v) is 9.52. The van der Waals surface area contributed by atoms with E-state index >= 15 is 0 Å². The average Bonchev–Trinajstić information content (AvgIpc) is 3.18. The Morgan fingerprint density at radius 1 is 0.943 bits per heavy atom. The average molecular weight is 467 g/mol. The predicted octanol–water partition coefficient (Wildman–Crippen LogP) is 5.76. The Morgan fingerprint density at radius 2 is 1.54 bits per heavy atom. The Bertz CT molecular complexity index is 1330. The summed E-state index contributed by atoms with van der Waals surface area (Å²) in [6.45, 7) is 8.70. The van der Waals surface area contributed by atoms with Crippen molar-refractivity contribution in [3.63, 3.8) is 0 Å². The minimum absolute atomic E-state index is 0.0240. The van der Waals surface area contributed by atoms with Crippen molar-refractivity contribution < 1.29 is 9.90 Å². The number of benzene rings is 3. The van der Waals surface area contributed by atoms with Crippen LogP contribution in [0.4, 0.5) is 0 Å². The van der Waals surface area contributed by atoms with E-state index in [4.69, 9.17) is 0 Å². The zero-order valence-corrected chi connectivity index (χ0v) is 20.5. The van der Waals surface area contributed by atoms with Gasteiger partial charge in [-0.25, -0.2) is 5.43 Å². The van der Waals surface area contributed by atoms with Gasteiger partial charge in [0.15, 0.2) is 11.4 Å². The summed E-state index contributed by atoms with van der Waals surface area (Å²) in [7, 11) is 0. The lowest BCUT2D eigenvalue weighted by Gasteiger charge is -2.19. The Morgan fingerprint density at radius 3 is 2.14 bits per heavy atom. The molecule has 35 heavy (non-hydrogen) atoms. The van der Waals surface area contributed by atoms with Crippen molar-refractivity contribution in [2.75, 3.05) is 0 Å². The molecule has 2 N–H and O–H groups in total. The van der Waals surface area contributed by atoms with Crippen LogP contribution in [0.25, 0.3) is 11.3 Å². The first-order chi connectivity index (χ1) is 16.7. The van der Waals surface area contributed by atoms with Crippen molar-refractivity contribution in [1.29, 1.82) is 0 Å². The molecule has 0 unspecified atom stereocenters. The number of carbonyl (C=O) groups excluding carboxylic acids is 1. The molecule has 1 aromatic heterocycles. The molecule has 178 valence electrons. The maximum atomic E-state index is 12.4. The van der Waals surface area contributed by atoms with Gasteiger partial charge in [-0.05, 0) is 35.6 Å². The smallest absolute Gasteiger partial charge is 0.271 e. The zero-order valence-electron chi connectivity index (χ0n) is 20.5. The van der Waals surface area contributed by atoms with E-state index in [0.29, 0.717) is 29.2 Å². The maximum absolute atomic E-state index is 12.4. The number of nitrogens with one attached hydrogen (secondary N) is 1. The SMILES string of the molecule is CC(=NNC(=O)c1ccccc1)c1nn(Cc2ccccc2)c(-c2ccc(C(C)(C)C)cc2)c1O. The van der Waals surface area contributed by atoms with Crippen LogP contribution >= 0.6 is 0 Å². The van der Waals surface area contributed by atoms with Crippen LogP contribution in [0.3, 0.4) is 0 Å². The first kappa shape index (κ1) is 24.0. The zero-order chi connectivity index (χ0) is 25.0. The van der Waals surface area contributed by atoms with Crippen molar-refractivity contribution in [3.05, 3.63) is 107 Å². The highest BCUT2D eigenvalue weighted by Crippen LogP contribution is 2.34. The van der Waals surface area contributed by atoms with Gasteiger partial charge in [0.25, 0.3) is 5.91 Å². The lowest BCUT2D eigenvalue weighted by atomic mass is 9.86. The molecule has 0 bridgehead atoms. The summed E-state index contributed by atoms with van der Waals surface area (Å²) in [5.41, 5.74) is 7.53. The van der Waals surface area contributed by atoms with Crippen LogP contribution in [0, 0.1) is 0 Å². The Labute approximate surface area is 206 Å². The van der Waals surface area contributed by atoms with E-state index in [9.17, 15) is 9.90 Å². The Hall–Kier alpha value is -4.19. The fraction of sp³-hybridized carbons (Fsp3) is 0.207. The largest absolute Gasteiger partial charge is 0.504 e. The highest BCUT2D eigenvalue weighted by atomic mass is 16.3. The molecule has 1 heterocycles. The van der Waals surface area contributed by atoms with Crippen molar-refractivity contribution in [1.82, 2.24) is 15.2 Å². The van der Waals surface area contributed by atoms with Gasteiger partial charge >= 0.3 is 0 Å². The maximum Gasteiger partial charge on any atom is 0.271 e. The summed E-state index contributed by atoms with van der Waals surface area (Å²) in [5, 5.41) is 20.1. The standard InChI is InChI=1S/C29H30N4O2/c1-20(30-31-28(35)23-13-9-6-10-14-23)25-27(34)26(22-15-17-24(18-16-22)29(2,3)4)33(32-25)19-21-11-7-5-8-12-21/h5-18,34H,19H2,1-4H3,(H,31,35). The molecule has 0 spiro atoms. The summed E-state index contributed by atoms with van der Waals surface area (Å²) >= 11 is 0. The third-order valence-corrected chi connectivity index (χ3v) is 5.83. The molecule has 0 saturated carbocycles. The fourth-order valence-corrected chi connectivity index (χ4v) is 3.82. The van der Waals surface area contributed by atoms with Gasteiger partial charge in [0.05, 0.1) is 12.3 Å². The molecule has 0 aliphatic carbocycles. The van der Waals surface area contributed by atoms with Gasteiger partial charge in [-0.1, -0.05) is 93.6 Å². The molecule has 0 radical (unpaired) electrons. The predicted molar refractivity (Wildman–Crippen MR) is 140 cm³/mol. The Kier molecular flexibility index (Phi) is 6.82. The van der Waals surface area contributed by atoms with E-state index in [2.05, 4.69) is 48.5 Å². The summed E-state index contributed by atoms with van der Waals surface area (Å²) in [6, 6.07) is 27.0. The number of hydrogen-bond donors (Lipinski definition) is 2. The number of hydrazone groups is 1.